The van der Waals surface area contributed by atoms with Gasteiger partial charge in [0.1, 0.15) is 0 Å². The molecule has 0 aliphatic heterocycles. The summed E-state index contributed by atoms with van der Waals surface area (Å²) < 4.78 is 0. The lowest BCUT2D eigenvalue weighted by molar-refractivity contribution is 0.0645. The number of hydrogen-bond donors (Lipinski definition) is 2. The molecule has 0 bridgehead atoms. The molecular formula is C11H13NO4. The summed E-state index contributed by atoms with van der Waals surface area (Å²) >= 11 is 0. The smallest absolute Gasteiger partial charge is 0.355 e. The molecule has 1 aromatic rings. The van der Waals surface area contributed by atoms with Gasteiger partial charge in [-0.05, 0) is 24.5 Å². The fourth-order valence-corrected chi connectivity index (χ4v) is 1.48. The number of carboxylic acid groups (broad SMARTS) is 2. The molecule has 0 unspecified atom stereocenters. The van der Waals surface area contributed by atoms with Gasteiger partial charge in [-0.3, -0.25) is 0 Å². The zero-order valence-corrected chi connectivity index (χ0v) is 8.93. The molecule has 0 spiro atoms. The Kier molecular flexibility index (Phi) is 3.99. The molecule has 0 aromatic carbocycles. The van der Waals surface area contributed by atoms with Crippen LogP contribution in [0.15, 0.2) is 12.3 Å². The highest BCUT2D eigenvalue weighted by Crippen LogP contribution is 2.15. The van der Waals surface area contributed by atoms with Crippen molar-refractivity contribution in [1.29, 1.82) is 0 Å². The highest BCUT2D eigenvalue weighted by Gasteiger charge is 2.20. The highest BCUT2D eigenvalue weighted by atomic mass is 16.4. The minimum absolute atomic E-state index is 0.191. The van der Waals surface area contributed by atoms with E-state index in [2.05, 4.69) is 4.98 Å². The van der Waals surface area contributed by atoms with Crippen molar-refractivity contribution in [3.05, 3.63) is 29.1 Å². The van der Waals surface area contributed by atoms with E-state index in [0.29, 0.717) is 12.0 Å². The minimum atomic E-state index is -1.31. The van der Waals surface area contributed by atoms with E-state index >= 15 is 0 Å². The summed E-state index contributed by atoms with van der Waals surface area (Å²) in [7, 11) is 0. The van der Waals surface area contributed by atoms with E-state index in [1.165, 1.54) is 6.20 Å². The molecule has 16 heavy (non-hydrogen) atoms. The Labute approximate surface area is 92.8 Å². The van der Waals surface area contributed by atoms with Crippen LogP contribution in [0.25, 0.3) is 0 Å². The molecule has 0 saturated carbocycles. The van der Waals surface area contributed by atoms with E-state index < -0.39 is 11.9 Å². The van der Waals surface area contributed by atoms with Gasteiger partial charge in [-0.25, -0.2) is 14.6 Å². The largest absolute Gasteiger partial charge is 0.478 e. The SMILES string of the molecule is CCCCc1ccnc(C(=O)O)c1C(=O)O. The summed E-state index contributed by atoms with van der Waals surface area (Å²) in [5.74, 6) is -2.55. The standard InChI is InChI=1S/C11H13NO4/c1-2-3-4-7-5-6-12-9(11(15)16)8(7)10(13)14/h5-6H,2-4H2,1H3,(H,13,14)(H,15,16). The predicted molar refractivity (Wildman–Crippen MR) is 56.8 cm³/mol. The van der Waals surface area contributed by atoms with Gasteiger partial charge in [0.05, 0.1) is 5.56 Å². The molecule has 1 aromatic heterocycles. The summed E-state index contributed by atoms with van der Waals surface area (Å²) in [5.41, 5.74) is -0.0497. The molecule has 0 saturated heterocycles. The van der Waals surface area contributed by atoms with Crippen LogP contribution in [0.2, 0.25) is 0 Å². The highest BCUT2D eigenvalue weighted by molar-refractivity contribution is 6.01. The van der Waals surface area contributed by atoms with E-state index in [4.69, 9.17) is 10.2 Å². The lowest BCUT2D eigenvalue weighted by Gasteiger charge is -2.07. The van der Waals surface area contributed by atoms with E-state index in [9.17, 15) is 9.59 Å². The maximum Gasteiger partial charge on any atom is 0.355 e. The average Bonchev–Trinajstić information content (AvgIpc) is 2.25. The number of nitrogens with zero attached hydrogens (tertiary/aromatic N) is 1. The normalized spacial score (nSPS) is 10.1. The molecule has 5 heteroatoms. The average molecular weight is 223 g/mol. The third kappa shape index (κ3) is 2.56. The van der Waals surface area contributed by atoms with Crippen LogP contribution < -0.4 is 0 Å². The van der Waals surface area contributed by atoms with Crippen molar-refractivity contribution in [2.24, 2.45) is 0 Å². The zero-order valence-electron chi connectivity index (χ0n) is 8.93. The topological polar surface area (TPSA) is 87.5 Å². The van der Waals surface area contributed by atoms with Crippen LogP contribution in [-0.4, -0.2) is 27.1 Å². The number of rotatable bonds is 5. The number of hydrogen-bond acceptors (Lipinski definition) is 3. The van der Waals surface area contributed by atoms with E-state index in [0.717, 1.165) is 12.8 Å². The Morgan fingerprint density at radius 1 is 1.31 bits per heavy atom. The van der Waals surface area contributed by atoms with Gasteiger partial charge in [0.15, 0.2) is 5.69 Å². The first-order valence-corrected chi connectivity index (χ1v) is 5.02. The Bertz CT molecular complexity index is 414. The van der Waals surface area contributed by atoms with Crippen molar-refractivity contribution in [2.45, 2.75) is 26.2 Å². The maximum atomic E-state index is 11.0. The Morgan fingerprint density at radius 3 is 2.50 bits per heavy atom. The van der Waals surface area contributed by atoms with Gasteiger partial charge < -0.3 is 10.2 Å². The fourth-order valence-electron chi connectivity index (χ4n) is 1.48. The maximum absolute atomic E-state index is 11.0. The summed E-state index contributed by atoms with van der Waals surface area (Å²) in [6, 6.07) is 1.56. The molecule has 86 valence electrons. The first-order chi connectivity index (χ1) is 7.57. The predicted octanol–water partition coefficient (Wildman–Crippen LogP) is 1.82. The number of unbranched alkanes of at least 4 members (excludes halogenated alkanes) is 1. The summed E-state index contributed by atoms with van der Waals surface area (Å²) in [5, 5.41) is 17.8. The molecule has 0 aliphatic rings. The number of aromatic carboxylic acids is 2. The second-order valence-corrected chi connectivity index (χ2v) is 3.41. The second-order valence-electron chi connectivity index (χ2n) is 3.41. The lowest BCUT2D eigenvalue weighted by Crippen LogP contribution is -2.13. The third-order valence-corrected chi connectivity index (χ3v) is 2.25. The molecule has 1 heterocycles. The van der Waals surface area contributed by atoms with Gasteiger partial charge in [-0.1, -0.05) is 13.3 Å². The monoisotopic (exact) mass is 223 g/mol. The van der Waals surface area contributed by atoms with Crippen LogP contribution in [0.1, 0.15) is 46.2 Å². The van der Waals surface area contributed by atoms with Crippen LogP contribution in [0, 0.1) is 0 Å². The molecule has 2 N–H and O–H groups in total. The van der Waals surface area contributed by atoms with Gasteiger partial charge in [0.2, 0.25) is 0 Å². The van der Waals surface area contributed by atoms with E-state index in [1.54, 1.807) is 6.07 Å². The number of aromatic nitrogens is 1. The van der Waals surface area contributed by atoms with Crippen molar-refractivity contribution in [3.63, 3.8) is 0 Å². The van der Waals surface area contributed by atoms with Crippen molar-refractivity contribution < 1.29 is 19.8 Å². The van der Waals surface area contributed by atoms with Crippen LogP contribution >= 0.6 is 0 Å². The van der Waals surface area contributed by atoms with E-state index in [-0.39, 0.29) is 11.3 Å². The van der Waals surface area contributed by atoms with Gasteiger partial charge in [0.25, 0.3) is 0 Å². The van der Waals surface area contributed by atoms with Crippen molar-refractivity contribution in [1.82, 2.24) is 4.98 Å². The number of carboxylic acids is 2. The van der Waals surface area contributed by atoms with Crippen LogP contribution in [-0.2, 0) is 6.42 Å². The second kappa shape index (κ2) is 5.25. The van der Waals surface area contributed by atoms with Gasteiger partial charge in [-0.2, -0.15) is 0 Å². The number of aryl methyl sites for hydroxylation is 1. The molecule has 1 rings (SSSR count). The summed E-state index contributed by atoms with van der Waals surface area (Å²) in [6.07, 6.45) is 3.63. The molecule has 0 amide bonds. The number of pyridine rings is 1. The van der Waals surface area contributed by atoms with E-state index in [1.807, 2.05) is 6.92 Å². The quantitative estimate of drug-likeness (QED) is 0.794. The fraction of sp³-hybridized carbons (Fsp3) is 0.364. The summed E-state index contributed by atoms with van der Waals surface area (Å²) in [4.78, 5) is 25.4. The van der Waals surface area contributed by atoms with Crippen LogP contribution in [0.3, 0.4) is 0 Å². The third-order valence-electron chi connectivity index (χ3n) is 2.25. The summed E-state index contributed by atoms with van der Waals surface area (Å²) in [6.45, 7) is 1.99. The Morgan fingerprint density at radius 2 is 2.00 bits per heavy atom. The van der Waals surface area contributed by atoms with Crippen LogP contribution in [0.4, 0.5) is 0 Å². The lowest BCUT2D eigenvalue weighted by atomic mass is 10.0. The van der Waals surface area contributed by atoms with Crippen molar-refractivity contribution in [2.75, 3.05) is 0 Å². The molecule has 5 nitrogen and oxygen atoms in total. The molecule has 0 radical (unpaired) electrons. The van der Waals surface area contributed by atoms with Gasteiger partial charge in [-0.15, -0.1) is 0 Å². The first kappa shape index (κ1) is 12.2. The molecule has 0 aliphatic carbocycles. The molecular weight excluding hydrogens is 210 g/mol. The Hall–Kier alpha value is -1.91. The first-order valence-electron chi connectivity index (χ1n) is 5.02. The zero-order chi connectivity index (χ0) is 12.1. The van der Waals surface area contributed by atoms with Crippen molar-refractivity contribution >= 4 is 11.9 Å². The number of carbonyl (C=O) groups is 2. The van der Waals surface area contributed by atoms with Gasteiger partial charge in [0, 0.05) is 6.20 Å². The van der Waals surface area contributed by atoms with Gasteiger partial charge >= 0.3 is 11.9 Å². The minimum Gasteiger partial charge on any atom is -0.478 e. The molecule has 0 fully saturated rings. The van der Waals surface area contributed by atoms with Crippen LogP contribution in [0.5, 0.6) is 0 Å². The van der Waals surface area contributed by atoms with Crippen molar-refractivity contribution in [3.8, 4) is 0 Å². The molecule has 0 atom stereocenters. The Balaban J connectivity index is 3.21.